The summed E-state index contributed by atoms with van der Waals surface area (Å²) in [6, 6.07) is -7.01. The third-order valence-corrected chi connectivity index (χ3v) is 1.47. The van der Waals surface area contributed by atoms with Gasteiger partial charge < -0.3 is 14.8 Å². The fraction of sp³-hybridized carbons (Fsp3) is 0.500. The predicted octanol–water partition coefficient (Wildman–Crippen LogP) is 1.96. The zero-order valence-corrected chi connectivity index (χ0v) is 7.32. The Balaban J connectivity index is 2.81. The molecule has 1 aromatic carbocycles. The summed E-state index contributed by atoms with van der Waals surface area (Å²) in [5.41, 5.74) is -1.22. The largest absolute Gasteiger partial charge is 0.454 e. The number of nitrogens with one attached hydrogen (secondary N) is 1. The molecule has 1 atom stereocenters. The molecule has 3 heteroatoms. The van der Waals surface area contributed by atoms with Gasteiger partial charge in [0.05, 0.1) is 4.11 Å². The van der Waals surface area contributed by atoms with Gasteiger partial charge in [-0.15, -0.1) is 0 Å². The second-order valence-electron chi connectivity index (χ2n) is 2.45. The Morgan fingerprint density at radius 2 is 2.67 bits per heavy atom. The molecular weight excluding hydrogens is 190 g/mol. The lowest BCUT2D eigenvalue weighted by atomic mass is 10.1. The summed E-state index contributed by atoms with van der Waals surface area (Å²) in [5, 5.41) is 1.37. The molecule has 15 heavy (non-hydrogen) atoms. The zero-order chi connectivity index (χ0) is 24.6. The molecule has 0 fully saturated rings. The van der Waals surface area contributed by atoms with Gasteiger partial charge >= 0.3 is 0 Å². The van der Waals surface area contributed by atoms with E-state index < -0.39 is 74.5 Å². The third-order valence-electron chi connectivity index (χ3n) is 1.47. The number of ether oxygens (including phenoxy) is 2. The van der Waals surface area contributed by atoms with Crippen LogP contribution in [0.25, 0.3) is 0 Å². The van der Waals surface area contributed by atoms with E-state index >= 15 is 0 Å². The number of benzene rings is 1. The molecule has 1 aliphatic heterocycles. The van der Waals surface area contributed by atoms with Crippen LogP contribution in [0.1, 0.15) is 41.2 Å². The first-order valence-electron chi connectivity index (χ1n) is 11.8. The van der Waals surface area contributed by atoms with Gasteiger partial charge in [-0.25, -0.2) is 0 Å². The van der Waals surface area contributed by atoms with Crippen LogP contribution in [0.2, 0.25) is 0 Å². The van der Waals surface area contributed by atoms with Gasteiger partial charge in [0.25, 0.3) is 0 Å². The molecule has 0 saturated carbocycles. The van der Waals surface area contributed by atoms with Gasteiger partial charge in [-0.1, -0.05) is 12.9 Å². The van der Waals surface area contributed by atoms with Crippen molar-refractivity contribution in [3.63, 3.8) is 0 Å². The van der Waals surface area contributed by atoms with Crippen LogP contribution in [-0.2, 0) is 6.37 Å². The number of hydrogen-bond donors (Lipinski definition) is 1. The average Bonchev–Trinajstić information content (AvgIpc) is 2.86. The number of fused-ring (bicyclic) bond motifs is 1. The van der Waals surface area contributed by atoms with Crippen LogP contribution in [0, 0.1) is 0 Å². The monoisotopic (exact) mass is 223 g/mol. The van der Waals surface area contributed by atoms with E-state index in [-0.39, 0.29) is 0 Å². The van der Waals surface area contributed by atoms with Gasteiger partial charge in [0.1, 0.15) is 2.74 Å². The third kappa shape index (κ3) is 2.42. The van der Waals surface area contributed by atoms with Gasteiger partial charge in [-0.3, -0.25) is 0 Å². The normalized spacial score (nSPS) is 40.0. The molecule has 82 valence electrons. The molecule has 0 bridgehead atoms. The Bertz CT molecular complexity index is 890. The summed E-state index contributed by atoms with van der Waals surface area (Å²) in [4.78, 5) is 0. The maximum atomic E-state index is 8.29. The van der Waals surface area contributed by atoms with Crippen molar-refractivity contribution in [1.29, 1.82) is 0 Å². The minimum absolute atomic E-state index is 0.713. The van der Waals surface area contributed by atoms with Crippen molar-refractivity contribution in [1.82, 2.24) is 5.32 Å². The van der Waals surface area contributed by atoms with Crippen molar-refractivity contribution >= 4 is 0 Å². The van der Waals surface area contributed by atoms with E-state index in [0.29, 0.717) is 0 Å². The SMILES string of the molecule is [2H]c1c([2H])c(C([2H])([2H])[C@]([2H])(NC([2H])([2H])C([2H])([2H])[2H])C([2H])([2H])[2H])c([2H])c2c1OC([2H])([2H])O2. The minimum atomic E-state index is -3.78. The van der Waals surface area contributed by atoms with Crippen LogP contribution < -0.4 is 14.8 Å². The Morgan fingerprint density at radius 3 is 3.53 bits per heavy atom. The van der Waals surface area contributed by atoms with Crippen LogP contribution >= 0.6 is 0 Å². The van der Waals surface area contributed by atoms with Crippen LogP contribution in [-0.4, -0.2) is 19.3 Å². The van der Waals surface area contributed by atoms with Gasteiger partial charge in [-0.2, -0.15) is 0 Å². The lowest BCUT2D eigenvalue weighted by molar-refractivity contribution is 0.174. The van der Waals surface area contributed by atoms with Crippen molar-refractivity contribution in [2.24, 2.45) is 0 Å². The lowest BCUT2D eigenvalue weighted by Crippen LogP contribution is -2.27. The molecule has 1 heterocycles. The highest BCUT2D eigenvalue weighted by Crippen LogP contribution is 2.32. The second-order valence-corrected chi connectivity index (χ2v) is 2.45. The van der Waals surface area contributed by atoms with Crippen LogP contribution in [0.3, 0.4) is 0 Å². The Hall–Kier alpha value is -1.22. The van der Waals surface area contributed by atoms with Gasteiger partial charge in [0, 0.05) is 21.1 Å². The van der Waals surface area contributed by atoms with E-state index in [0.717, 1.165) is 0 Å². The summed E-state index contributed by atoms with van der Waals surface area (Å²) in [7, 11) is 0. The van der Waals surface area contributed by atoms with E-state index in [1.165, 1.54) is 5.32 Å². The van der Waals surface area contributed by atoms with Crippen molar-refractivity contribution in [3.05, 3.63) is 23.7 Å². The molecule has 0 aromatic heterocycles. The highest BCUT2D eigenvalue weighted by atomic mass is 16.7. The molecule has 2 rings (SSSR count). The molecule has 0 amide bonds. The Labute approximate surface area is 113 Å². The fourth-order valence-electron chi connectivity index (χ4n) is 0.907. The van der Waals surface area contributed by atoms with Crippen molar-refractivity contribution in [2.45, 2.75) is 26.1 Å². The molecular formula is C12H17NO2. The Morgan fingerprint density at radius 1 is 1.73 bits per heavy atom. The van der Waals surface area contributed by atoms with Crippen molar-refractivity contribution < 1.29 is 31.4 Å². The zero-order valence-electron chi connectivity index (χ0n) is 23.3. The molecule has 1 N–H and O–H groups in total. The molecule has 0 aliphatic carbocycles. The maximum Gasteiger partial charge on any atom is 0.231 e. The van der Waals surface area contributed by atoms with E-state index in [1.807, 2.05) is 0 Å². The van der Waals surface area contributed by atoms with Gasteiger partial charge in [0.15, 0.2) is 11.5 Å². The molecule has 3 nitrogen and oxygen atoms in total. The van der Waals surface area contributed by atoms with E-state index in [4.69, 9.17) is 26.7 Å². The molecule has 0 unspecified atom stereocenters. The number of hydrogen-bond acceptors (Lipinski definition) is 3. The molecule has 0 spiro atoms. The minimum Gasteiger partial charge on any atom is -0.454 e. The second kappa shape index (κ2) is 4.53. The number of likely N-dealkylation sites (N-methyl/N-ethyl adjacent to an activating group) is 1. The summed E-state index contributed by atoms with van der Waals surface area (Å²) in [5.74, 6) is -1.54. The molecule has 0 radical (unpaired) electrons. The van der Waals surface area contributed by atoms with E-state index in [2.05, 4.69) is 4.74 Å². The summed E-state index contributed by atoms with van der Waals surface area (Å²) in [6.07, 6.45) is -3.69. The first-order valence-corrected chi connectivity index (χ1v) is 3.82. The summed E-state index contributed by atoms with van der Waals surface area (Å²) in [6.45, 7) is -13.7. The smallest absolute Gasteiger partial charge is 0.231 e. The quantitative estimate of drug-likeness (QED) is 0.846. The van der Waals surface area contributed by atoms with Crippen molar-refractivity contribution in [2.75, 3.05) is 13.2 Å². The van der Waals surface area contributed by atoms with E-state index in [1.54, 1.807) is 0 Å². The first-order chi connectivity index (χ1) is 13.5. The standard InChI is InChI=1S/C12H17NO2/c1-3-13-9(2)6-10-4-5-11-12(7-10)15-8-14-11/h4-5,7,9,13H,3,6,8H2,1-2H3/t9-/m1/s1/i1D3,2D3,3D2,4D,5D,6D2,7D,8D2,9D. The maximum absolute atomic E-state index is 8.29. The van der Waals surface area contributed by atoms with E-state index in [9.17, 15) is 0 Å². The fourth-order valence-corrected chi connectivity index (χ4v) is 0.907. The van der Waals surface area contributed by atoms with Gasteiger partial charge in [-0.05, 0) is 37.4 Å². The average molecular weight is 223 g/mol. The first kappa shape index (κ1) is 2.38. The lowest BCUT2D eigenvalue weighted by Gasteiger charge is -2.12. The van der Waals surface area contributed by atoms with Crippen molar-refractivity contribution in [3.8, 4) is 11.5 Å². The highest BCUT2D eigenvalue weighted by molar-refractivity contribution is 5.44. The predicted molar refractivity (Wildman–Crippen MR) is 59.4 cm³/mol. The summed E-state index contributed by atoms with van der Waals surface area (Å²) < 4.78 is 133. The van der Waals surface area contributed by atoms with Crippen LogP contribution in [0.5, 0.6) is 11.5 Å². The summed E-state index contributed by atoms with van der Waals surface area (Å²) >= 11 is 0. The molecule has 1 aliphatic rings. The van der Waals surface area contributed by atoms with Gasteiger partial charge in [0.2, 0.25) is 6.75 Å². The number of rotatable bonds is 4. The molecule has 0 saturated heterocycles. The Kier molecular flexibility index (Phi) is 0.718. The highest BCUT2D eigenvalue weighted by Gasteiger charge is 2.13. The topological polar surface area (TPSA) is 30.5 Å². The van der Waals surface area contributed by atoms with Crippen LogP contribution in [0.4, 0.5) is 0 Å². The molecule has 1 aromatic rings. The van der Waals surface area contributed by atoms with Crippen LogP contribution in [0.15, 0.2) is 18.1 Å².